The van der Waals surface area contributed by atoms with Crippen molar-refractivity contribution >= 4 is 35.8 Å². The number of nitrogens with zero attached hydrogens (tertiary/aromatic N) is 1. The van der Waals surface area contributed by atoms with E-state index in [0.717, 1.165) is 21.1 Å². The second kappa shape index (κ2) is 6.29. The summed E-state index contributed by atoms with van der Waals surface area (Å²) < 4.78 is 7.28. The standard InChI is InChI=1S/C18H16ClNOSe/c1-11-8-12(2)17(13(3)9-11)22-18-20-10-16(21-18)14-4-6-15(19)7-5-14/h4-10H,1-3H3. The number of rotatable bonds is 3. The normalized spacial score (nSPS) is 10.9. The van der Waals surface area contributed by atoms with E-state index < -0.39 is 0 Å². The molecule has 0 atom stereocenters. The fourth-order valence-corrected chi connectivity index (χ4v) is 4.38. The van der Waals surface area contributed by atoms with Crippen molar-refractivity contribution in [1.82, 2.24) is 4.98 Å². The Morgan fingerprint density at radius 1 is 1.00 bits per heavy atom. The zero-order valence-electron chi connectivity index (χ0n) is 12.7. The van der Waals surface area contributed by atoms with Crippen LogP contribution in [0.25, 0.3) is 11.3 Å². The van der Waals surface area contributed by atoms with Crippen LogP contribution in [0.15, 0.2) is 47.0 Å². The van der Waals surface area contributed by atoms with Crippen molar-refractivity contribution in [3.63, 3.8) is 0 Å². The second-order valence-electron chi connectivity index (χ2n) is 5.33. The number of hydrogen-bond donors (Lipinski definition) is 0. The molecule has 0 saturated carbocycles. The van der Waals surface area contributed by atoms with Crippen molar-refractivity contribution in [3.8, 4) is 11.3 Å². The molecule has 0 bridgehead atoms. The van der Waals surface area contributed by atoms with Gasteiger partial charge in [0.1, 0.15) is 0 Å². The van der Waals surface area contributed by atoms with Crippen molar-refractivity contribution in [1.29, 1.82) is 0 Å². The van der Waals surface area contributed by atoms with Crippen LogP contribution in [0, 0.1) is 20.8 Å². The molecule has 0 unspecified atom stereocenters. The molecule has 4 heteroatoms. The van der Waals surface area contributed by atoms with E-state index in [4.69, 9.17) is 16.0 Å². The fraction of sp³-hybridized carbons (Fsp3) is 0.167. The van der Waals surface area contributed by atoms with Crippen molar-refractivity contribution in [2.75, 3.05) is 0 Å². The average molecular weight is 377 g/mol. The molecular formula is C18H16ClNOSe. The van der Waals surface area contributed by atoms with Crippen molar-refractivity contribution in [3.05, 3.63) is 64.3 Å². The third-order valence-corrected chi connectivity index (χ3v) is 6.20. The predicted molar refractivity (Wildman–Crippen MR) is 92.6 cm³/mol. The van der Waals surface area contributed by atoms with E-state index in [1.807, 2.05) is 24.3 Å². The van der Waals surface area contributed by atoms with Crippen LogP contribution in [0.2, 0.25) is 5.02 Å². The van der Waals surface area contributed by atoms with E-state index in [0.29, 0.717) is 0 Å². The van der Waals surface area contributed by atoms with Crippen LogP contribution in [0.3, 0.4) is 0 Å². The van der Waals surface area contributed by atoms with Gasteiger partial charge >= 0.3 is 142 Å². The predicted octanol–water partition coefficient (Wildman–Crippen LogP) is 3.58. The minimum atomic E-state index is 0.0759. The van der Waals surface area contributed by atoms with Crippen molar-refractivity contribution < 1.29 is 4.42 Å². The first-order valence-corrected chi connectivity index (χ1v) is 9.09. The van der Waals surface area contributed by atoms with Gasteiger partial charge in [-0.15, -0.1) is 0 Å². The number of halogens is 1. The van der Waals surface area contributed by atoms with Crippen LogP contribution < -0.4 is 9.25 Å². The van der Waals surface area contributed by atoms with Gasteiger partial charge in [-0.2, -0.15) is 0 Å². The molecule has 22 heavy (non-hydrogen) atoms. The van der Waals surface area contributed by atoms with Gasteiger partial charge in [0.2, 0.25) is 0 Å². The first-order valence-electron chi connectivity index (χ1n) is 7.00. The van der Waals surface area contributed by atoms with Crippen LogP contribution in [-0.2, 0) is 0 Å². The van der Waals surface area contributed by atoms with E-state index in [1.165, 1.54) is 21.2 Å². The molecule has 3 aromatic rings. The number of hydrogen-bond acceptors (Lipinski definition) is 2. The van der Waals surface area contributed by atoms with E-state index in [9.17, 15) is 0 Å². The van der Waals surface area contributed by atoms with Gasteiger partial charge < -0.3 is 0 Å². The van der Waals surface area contributed by atoms with Gasteiger partial charge in [0.15, 0.2) is 0 Å². The summed E-state index contributed by atoms with van der Waals surface area (Å²) in [4.78, 5) is 5.24. The Balaban J connectivity index is 1.87. The summed E-state index contributed by atoms with van der Waals surface area (Å²) in [5.41, 5.74) is 4.91. The van der Waals surface area contributed by atoms with Gasteiger partial charge in [-0.25, -0.2) is 0 Å². The maximum atomic E-state index is 5.93. The summed E-state index contributed by atoms with van der Waals surface area (Å²) in [6.07, 6.45) is 1.79. The van der Waals surface area contributed by atoms with Crippen molar-refractivity contribution in [2.45, 2.75) is 20.8 Å². The van der Waals surface area contributed by atoms with Crippen LogP contribution in [-0.4, -0.2) is 19.9 Å². The van der Waals surface area contributed by atoms with Crippen molar-refractivity contribution in [2.24, 2.45) is 0 Å². The molecule has 112 valence electrons. The molecule has 0 amide bonds. The minimum absolute atomic E-state index is 0.0759. The summed E-state index contributed by atoms with van der Waals surface area (Å²) >= 11 is 5.99. The molecule has 1 heterocycles. The number of oxazole rings is 1. The molecule has 0 radical (unpaired) electrons. The fourth-order valence-electron chi connectivity index (χ4n) is 2.47. The molecule has 0 N–H and O–H groups in total. The van der Waals surface area contributed by atoms with E-state index in [1.54, 1.807) is 6.20 Å². The van der Waals surface area contributed by atoms with Gasteiger partial charge in [0.25, 0.3) is 0 Å². The molecule has 2 aromatic carbocycles. The Bertz CT molecular complexity index is 785. The van der Waals surface area contributed by atoms with E-state index >= 15 is 0 Å². The van der Waals surface area contributed by atoms with Gasteiger partial charge in [-0.1, -0.05) is 0 Å². The first-order chi connectivity index (χ1) is 10.5. The summed E-state index contributed by atoms with van der Waals surface area (Å²) in [5.74, 6) is 0.788. The van der Waals surface area contributed by atoms with Crippen LogP contribution >= 0.6 is 11.6 Å². The Labute approximate surface area is 141 Å². The third kappa shape index (κ3) is 3.27. The number of aryl methyl sites for hydroxylation is 3. The van der Waals surface area contributed by atoms with Gasteiger partial charge in [-0.3, -0.25) is 0 Å². The Morgan fingerprint density at radius 2 is 1.64 bits per heavy atom. The summed E-state index contributed by atoms with van der Waals surface area (Å²) in [7, 11) is 0. The zero-order chi connectivity index (χ0) is 15.7. The topological polar surface area (TPSA) is 26.0 Å². The molecule has 0 spiro atoms. The van der Waals surface area contributed by atoms with Crippen LogP contribution in [0.1, 0.15) is 16.7 Å². The Morgan fingerprint density at radius 3 is 2.27 bits per heavy atom. The van der Waals surface area contributed by atoms with Crippen LogP contribution in [0.5, 0.6) is 0 Å². The second-order valence-corrected chi connectivity index (χ2v) is 7.78. The summed E-state index contributed by atoms with van der Waals surface area (Å²) in [5, 5.41) is 0.721. The zero-order valence-corrected chi connectivity index (χ0v) is 15.2. The number of benzene rings is 2. The van der Waals surface area contributed by atoms with Gasteiger partial charge in [0.05, 0.1) is 0 Å². The van der Waals surface area contributed by atoms with Gasteiger partial charge in [-0.05, 0) is 0 Å². The maximum absolute atomic E-state index is 5.93. The average Bonchev–Trinajstić information content (AvgIpc) is 2.92. The molecule has 2 nitrogen and oxygen atoms in total. The molecular weight excluding hydrogens is 361 g/mol. The molecule has 1 aromatic heterocycles. The van der Waals surface area contributed by atoms with Crippen LogP contribution in [0.4, 0.5) is 0 Å². The Hall–Kier alpha value is -1.54. The first kappa shape index (κ1) is 15.4. The number of aromatic nitrogens is 1. The van der Waals surface area contributed by atoms with E-state index in [-0.39, 0.29) is 15.0 Å². The SMILES string of the molecule is Cc1cc(C)c([Se]c2ncc(-c3ccc(Cl)cc3)o2)c(C)c1. The molecule has 0 aliphatic heterocycles. The van der Waals surface area contributed by atoms with E-state index in [2.05, 4.69) is 37.9 Å². The van der Waals surface area contributed by atoms with Gasteiger partial charge in [0, 0.05) is 0 Å². The summed E-state index contributed by atoms with van der Waals surface area (Å²) in [6.45, 7) is 6.43. The molecule has 0 fully saturated rings. The molecule has 0 saturated heterocycles. The quantitative estimate of drug-likeness (QED) is 0.653. The summed E-state index contributed by atoms with van der Waals surface area (Å²) in [6, 6.07) is 12.0. The monoisotopic (exact) mass is 377 g/mol. The molecule has 0 aliphatic carbocycles. The Kier molecular flexibility index (Phi) is 4.39. The third-order valence-electron chi connectivity index (χ3n) is 3.41. The molecule has 3 rings (SSSR count). The molecule has 0 aliphatic rings.